The van der Waals surface area contributed by atoms with Crippen LogP contribution in [-0.2, 0) is 9.84 Å². The molecule has 3 nitrogen and oxygen atoms in total. The molecular weight excluding hydrogens is 198 g/mol. The van der Waals surface area contributed by atoms with Gasteiger partial charge >= 0.3 is 0 Å². The number of fused-ring (bicyclic) bond motifs is 1. The minimum absolute atomic E-state index is 0.0659. The zero-order chi connectivity index (χ0) is 10.2. The van der Waals surface area contributed by atoms with Gasteiger partial charge in [0, 0.05) is 11.6 Å². The Morgan fingerprint density at radius 3 is 2.71 bits per heavy atom. The molecule has 0 saturated carbocycles. The molecule has 0 aliphatic heterocycles. The van der Waals surface area contributed by atoms with Gasteiger partial charge in [-0.15, -0.1) is 0 Å². The molecule has 0 aliphatic carbocycles. The molecule has 0 fully saturated rings. The average Bonchev–Trinajstić information content (AvgIpc) is 2.16. The van der Waals surface area contributed by atoms with Crippen molar-refractivity contribution in [3.63, 3.8) is 0 Å². The van der Waals surface area contributed by atoms with Crippen molar-refractivity contribution in [2.45, 2.75) is 5.03 Å². The predicted octanol–water partition coefficient (Wildman–Crippen LogP) is 1.44. The second-order valence-electron chi connectivity index (χ2n) is 3.03. The van der Waals surface area contributed by atoms with E-state index in [1.807, 2.05) is 18.2 Å². The molecule has 0 unspecified atom stereocenters. The van der Waals surface area contributed by atoms with E-state index < -0.39 is 9.84 Å². The van der Waals surface area contributed by atoms with Gasteiger partial charge in [0.1, 0.15) is 0 Å². The summed E-state index contributed by atoms with van der Waals surface area (Å²) < 4.78 is 22.4. The van der Waals surface area contributed by atoms with Crippen LogP contribution in [0, 0.1) is 6.07 Å². The average molecular weight is 206 g/mol. The van der Waals surface area contributed by atoms with Gasteiger partial charge in [-0.25, -0.2) is 13.4 Å². The van der Waals surface area contributed by atoms with Crippen LogP contribution in [0.4, 0.5) is 0 Å². The van der Waals surface area contributed by atoms with Crippen molar-refractivity contribution in [1.29, 1.82) is 0 Å². The van der Waals surface area contributed by atoms with Crippen LogP contribution in [0.15, 0.2) is 35.4 Å². The van der Waals surface area contributed by atoms with E-state index in [2.05, 4.69) is 11.1 Å². The summed E-state index contributed by atoms with van der Waals surface area (Å²) in [6, 6.07) is 11.6. The lowest BCUT2D eigenvalue weighted by Crippen LogP contribution is -2.00. The molecular formula is C10H8NO2S. The molecule has 71 valence electrons. The first kappa shape index (κ1) is 9.15. The molecule has 0 saturated heterocycles. The lowest BCUT2D eigenvalue weighted by atomic mass is 10.2. The Morgan fingerprint density at radius 1 is 1.29 bits per heavy atom. The fourth-order valence-electron chi connectivity index (χ4n) is 1.17. The van der Waals surface area contributed by atoms with Gasteiger partial charge in [-0.2, -0.15) is 0 Å². The Kier molecular flexibility index (Phi) is 2.00. The summed E-state index contributed by atoms with van der Waals surface area (Å²) in [4.78, 5) is 4.03. The fourth-order valence-corrected chi connectivity index (χ4v) is 1.71. The Balaban J connectivity index is 2.75. The van der Waals surface area contributed by atoms with Gasteiger partial charge in [0.25, 0.3) is 0 Å². The second kappa shape index (κ2) is 3.06. The first-order chi connectivity index (χ1) is 6.57. The first-order valence-electron chi connectivity index (χ1n) is 4.05. The van der Waals surface area contributed by atoms with E-state index in [1.54, 1.807) is 6.07 Å². The monoisotopic (exact) mass is 206 g/mol. The molecule has 4 heteroatoms. The number of pyridine rings is 1. The maximum atomic E-state index is 11.2. The van der Waals surface area contributed by atoms with Crippen LogP contribution in [-0.4, -0.2) is 19.7 Å². The zero-order valence-corrected chi connectivity index (χ0v) is 8.38. The third-order valence-electron chi connectivity index (χ3n) is 1.87. The highest BCUT2D eigenvalue weighted by molar-refractivity contribution is 7.90. The molecule has 0 bridgehead atoms. The molecule has 2 aromatic rings. The highest BCUT2D eigenvalue weighted by Gasteiger charge is 2.08. The third kappa shape index (κ3) is 1.61. The van der Waals surface area contributed by atoms with E-state index in [4.69, 9.17) is 0 Å². The summed E-state index contributed by atoms with van der Waals surface area (Å²) in [5.74, 6) is 0. The molecule has 1 heterocycles. The standard InChI is InChI=1S/C10H8NO2S/c1-14(12,13)10-7-6-8-4-2-3-5-9(8)11-10/h2-5,7H,1H3. The number of nitrogens with zero attached hydrogens (tertiary/aromatic N) is 1. The van der Waals surface area contributed by atoms with Crippen molar-refractivity contribution in [2.75, 3.05) is 6.26 Å². The highest BCUT2D eigenvalue weighted by Crippen LogP contribution is 2.13. The fraction of sp³-hybridized carbons (Fsp3) is 0.100. The highest BCUT2D eigenvalue weighted by atomic mass is 32.2. The van der Waals surface area contributed by atoms with E-state index in [0.29, 0.717) is 5.52 Å². The van der Waals surface area contributed by atoms with Gasteiger partial charge in [-0.05, 0) is 18.2 Å². The maximum absolute atomic E-state index is 11.2. The van der Waals surface area contributed by atoms with Crippen molar-refractivity contribution >= 4 is 20.7 Å². The van der Waals surface area contributed by atoms with Gasteiger partial charge in [0.05, 0.1) is 5.52 Å². The van der Waals surface area contributed by atoms with Crippen LogP contribution in [0.2, 0.25) is 0 Å². The minimum Gasteiger partial charge on any atom is -0.236 e. The number of benzene rings is 1. The Labute approximate surface area is 82.3 Å². The Hall–Kier alpha value is -1.42. The molecule has 2 rings (SSSR count). The third-order valence-corrected chi connectivity index (χ3v) is 2.83. The SMILES string of the molecule is CS(=O)(=O)c1c[c]c2ccccc2n1. The Bertz CT molecular complexity index is 575. The van der Waals surface area contributed by atoms with Crippen molar-refractivity contribution in [1.82, 2.24) is 4.98 Å². The van der Waals surface area contributed by atoms with E-state index in [1.165, 1.54) is 6.07 Å². The van der Waals surface area contributed by atoms with Gasteiger partial charge < -0.3 is 0 Å². The number of para-hydroxylation sites is 1. The normalized spacial score (nSPS) is 11.8. The van der Waals surface area contributed by atoms with Crippen LogP contribution in [0.1, 0.15) is 0 Å². The lowest BCUT2D eigenvalue weighted by Gasteiger charge is -1.99. The summed E-state index contributed by atoms with van der Waals surface area (Å²) in [5.41, 5.74) is 0.649. The molecule has 0 spiro atoms. The van der Waals surface area contributed by atoms with Crippen LogP contribution >= 0.6 is 0 Å². The predicted molar refractivity (Wildman–Crippen MR) is 53.7 cm³/mol. The molecule has 14 heavy (non-hydrogen) atoms. The van der Waals surface area contributed by atoms with Crippen molar-refractivity contribution in [3.8, 4) is 0 Å². The molecule has 0 atom stereocenters. The maximum Gasteiger partial charge on any atom is 0.192 e. The molecule has 1 aromatic heterocycles. The van der Waals surface area contributed by atoms with Crippen molar-refractivity contribution in [2.24, 2.45) is 0 Å². The van der Waals surface area contributed by atoms with E-state index >= 15 is 0 Å². The second-order valence-corrected chi connectivity index (χ2v) is 4.99. The van der Waals surface area contributed by atoms with Gasteiger partial charge in [0.2, 0.25) is 0 Å². The summed E-state index contributed by atoms with van der Waals surface area (Å²) in [6.45, 7) is 0. The number of rotatable bonds is 1. The molecule has 0 amide bonds. The Morgan fingerprint density at radius 2 is 2.00 bits per heavy atom. The summed E-state index contributed by atoms with van der Waals surface area (Å²) >= 11 is 0. The van der Waals surface area contributed by atoms with Gasteiger partial charge in [0.15, 0.2) is 14.9 Å². The lowest BCUT2D eigenvalue weighted by molar-refractivity contribution is 0.598. The number of aromatic nitrogens is 1. The zero-order valence-electron chi connectivity index (χ0n) is 7.56. The molecule has 1 aromatic carbocycles. The van der Waals surface area contributed by atoms with Crippen molar-refractivity contribution in [3.05, 3.63) is 36.4 Å². The quantitative estimate of drug-likeness (QED) is 0.709. The van der Waals surface area contributed by atoms with E-state index in [9.17, 15) is 8.42 Å². The molecule has 0 aliphatic rings. The summed E-state index contributed by atoms with van der Waals surface area (Å²) in [6.07, 6.45) is 1.14. The van der Waals surface area contributed by atoms with Crippen molar-refractivity contribution < 1.29 is 8.42 Å². The minimum atomic E-state index is -3.24. The molecule has 0 N–H and O–H groups in total. The van der Waals surface area contributed by atoms with Crippen LogP contribution < -0.4 is 0 Å². The van der Waals surface area contributed by atoms with Crippen LogP contribution in [0.25, 0.3) is 10.9 Å². The summed E-state index contributed by atoms with van der Waals surface area (Å²) in [5, 5.41) is 0.885. The molecule has 1 radical (unpaired) electrons. The van der Waals surface area contributed by atoms with Crippen LogP contribution in [0.5, 0.6) is 0 Å². The topological polar surface area (TPSA) is 47.0 Å². The number of hydrogen-bond donors (Lipinski definition) is 0. The number of sulfone groups is 1. The van der Waals surface area contributed by atoms with Gasteiger partial charge in [-0.1, -0.05) is 18.2 Å². The smallest absolute Gasteiger partial charge is 0.192 e. The summed E-state index contributed by atoms with van der Waals surface area (Å²) in [7, 11) is -3.24. The number of hydrogen-bond acceptors (Lipinski definition) is 3. The van der Waals surface area contributed by atoms with Crippen LogP contribution in [0.3, 0.4) is 0 Å². The first-order valence-corrected chi connectivity index (χ1v) is 5.94. The van der Waals surface area contributed by atoms with Gasteiger partial charge in [-0.3, -0.25) is 0 Å². The largest absolute Gasteiger partial charge is 0.236 e. The van der Waals surface area contributed by atoms with E-state index in [-0.39, 0.29) is 5.03 Å². The van der Waals surface area contributed by atoms with E-state index in [0.717, 1.165) is 11.6 Å².